The van der Waals surface area contributed by atoms with Crippen LogP contribution in [-0.2, 0) is 7.05 Å². The molecular weight excluding hydrogens is 343 g/mol. The number of carbonyl (C=O) groups is 1. The third kappa shape index (κ3) is 4.24. The highest BCUT2D eigenvalue weighted by Gasteiger charge is 2.21. The van der Waals surface area contributed by atoms with Gasteiger partial charge in [0, 0.05) is 19.2 Å². The van der Waals surface area contributed by atoms with Crippen molar-refractivity contribution < 1.29 is 19.4 Å². The number of rotatable bonds is 6. The first-order valence-corrected chi connectivity index (χ1v) is 7.92. The maximum atomic E-state index is 14.2. The molecule has 1 atom stereocenters. The van der Waals surface area contributed by atoms with Crippen LogP contribution < -0.4 is 16.2 Å². The van der Waals surface area contributed by atoms with Gasteiger partial charge < -0.3 is 20.8 Å². The van der Waals surface area contributed by atoms with Gasteiger partial charge in [0.1, 0.15) is 5.82 Å². The number of nitrogens with one attached hydrogen (secondary N) is 2. The lowest BCUT2D eigenvalue weighted by atomic mass is 10.1. The van der Waals surface area contributed by atoms with Crippen LogP contribution in [0.4, 0.5) is 15.8 Å². The van der Waals surface area contributed by atoms with Crippen molar-refractivity contribution >= 4 is 17.3 Å². The SMILES string of the molecule is Cc1ccc(Nc2c(C(=O)NCC(O)CO)nn(C)c(=O)c2C)c(F)c1. The normalized spacial score (nSPS) is 11.9. The zero-order valence-corrected chi connectivity index (χ0v) is 14.7. The van der Waals surface area contributed by atoms with E-state index in [0.717, 1.165) is 10.2 Å². The standard InChI is InChI=1S/C17H21FN4O4/c1-9-4-5-13(12(18)6-9)20-14-10(2)17(26)22(3)21-15(14)16(25)19-7-11(24)8-23/h4-6,11,20,23-24H,7-8H2,1-3H3,(H,19,25). The first-order chi connectivity index (χ1) is 12.2. The Hall–Kier alpha value is -2.78. The molecule has 1 heterocycles. The molecule has 1 aromatic heterocycles. The van der Waals surface area contributed by atoms with E-state index in [0.29, 0.717) is 0 Å². The Morgan fingerprint density at radius 2 is 2.08 bits per heavy atom. The number of aliphatic hydroxyl groups is 2. The molecule has 1 aromatic carbocycles. The number of aryl methyl sites for hydroxylation is 2. The van der Waals surface area contributed by atoms with Crippen LogP contribution in [-0.4, -0.2) is 45.2 Å². The molecule has 0 aliphatic heterocycles. The number of nitrogens with zero attached hydrogens (tertiary/aromatic N) is 2. The summed E-state index contributed by atoms with van der Waals surface area (Å²) in [7, 11) is 1.39. The van der Waals surface area contributed by atoms with Crippen LogP contribution >= 0.6 is 0 Å². The molecule has 2 rings (SSSR count). The zero-order valence-electron chi connectivity index (χ0n) is 14.7. The fourth-order valence-corrected chi connectivity index (χ4v) is 2.30. The molecule has 0 aliphatic rings. The second-order valence-corrected chi connectivity index (χ2v) is 5.93. The summed E-state index contributed by atoms with van der Waals surface area (Å²) in [6.45, 7) is 2.53. The van der Waals surface area contributed by atoms with Crippen molar-refractivity contribution in [1.29, 1.82) is 0 Å². The van der Waals surface area contributed by atoms with Crippen LogP contribution in [0.2, 0.25) is 0 Å². The van der Waals surface area contributed by atoms with Gasteiger partial charge in [0.25, 0.3) is 11.5 Å². The first-order valence-electron chi connectivity index (χ1n) is 7.92. The molecule has 0 saturated carbocycles. The molecule has 8 nitrogen and oxygen atoms in total. The van der Waals surface area contributed by atoms with Crippen molar-refractivity contribution in [2.75, 3.05) is 18.5 Å². The molecule has 0 fully saturated rings. The van der Waals surface area contributed by atoms with Gasteiger partial charge in [0.2, 0.25) is 0 Å². The minimum atomic E-state index is -1.13. The summed E-state index contributed by atoms with van der Waals surface area (Å²) in [6.07, 6.45) is -1.13. The molecule has 0 bridgehead atoms. The second kappa shape index (κ2) is 8.07. The monoisotopic (exact) mass is 364 g/mol. The van der Waals surface area contributed by atoms with E-state index in [4.69, 9.17) is 5.11 Å². The Morgan fingerprint density at radius 3 is 2.69 bits per heavy atom. The number of amides is 1. The van der Waals surface area contributed by atoms with Gasteiger partial charge in [-0.05, 0) is 31.5 Å². The maximum absolute atomic E-state index is 14.2. The zero-order chi connectivity index (χ0) is 19.4. The smallest absolute Gasteiger partial charge is 0.274 e. The highest BCUT2D eigenvalue weighted by atomic mass is 19.1. The van der Waals surface area contributed by atoms with Gasteiger partial charge in [-0.1, -0.05) is 6.07 Å². The Balaban J connectivity index is 2.44. The number of anilines is 2. The van der Waals surface area contributed by atoms with Crippen molar-refractivity contribution in [2.24, 2.45) is 7.05 Å². The van der Waals surface area contributed by atoms with Crippen LogP contribution in [0.5, 0.6) is 0 Å². The summed E-state index contributed by atoms with van der Waals surface area (Å²) in [6, 6.07) is 4.51. The molecule has 140 valence electrons. The van der Waals surface area contributed by atoms with Gasteiger partial charge in [-0.15, -0.1) is 0 Å². The highest BCUT2D eigenvalue weighted by Crippen LogP contribution is 2.24. The summed E-state index contributed by atoms with van der Waals surface area (Å²) < 4.78 is 15.2. The lowest BCUT2D eigenvalue weighted by Crippen LogP contribution is -2.36. The summed E-state index contributed by atoms with van der Waals surface area (Å²) >= 11 is 0. The van der Waals surface area contributed by atoms with Crippen molar-refractivity contribution in [3.8, 4) is 0 Å². The van der Waals surface area contributed by atoms with Gasteiger partial charge in [0.15, 0.2) is 5.69 Å². The minimum Gasteiger partial charge on any atom is -0.394 e. The van der Waals surface area contributed by atoms with Gasteiger partial charge in [-0.2, -0.15) is 5.10 Å². The molecule has 0 aliphatic carbocycles. The minimum absolute atomic E-state index is 0.0758. The molecule has 26 heavy (non-hydrogen) atoms. The number of carbonyl (C=O) groups excluding carboxylic acids is 1. The third-order valence-corrected chi connectivity index (χ3v) is 3.78. The lowest BCUT2D eigenvalue weighted by Gasteiger charge is -2.16. The van der Waals surface area contributed by atoms with Gasteiger partial charge in [-0.25, -0.2) is 9.07 Å². The van der Waals surface area contributed by atoms with Crippen LogP contribution in [0.1, 0.15) is 21.6 Å². The van der Waals surface area contributed by atoms with E-state index < -0.39 is 30.0 Å². The largest absolute Gasteiger partial charge is 0.394 e. The molecular formula is C17H21FN4O4. The van der Waals surface area contributed by atoms with Crippen molar-refractivity contribution in [2.45, 2.75) is 20.0 Å². The molecule has 4 N–H and O–H groups in total. The molecule has 2 aromatic rings. The third-order valence-electron chi connectivity index (χ3n) is 3.78. The van der Waals surface area contributed by atoms with E-state index >= 15 is 0 Å². The summed E-state index contributed by atoms with van der Waals surface area (Å²) in [5, 5.41) is 27.3. The summed E-state index contributed by atoms with van der Waals surface area (Å²) in [5.41, 5.74) is 0.518. The number of benzene rings is 1. The van der Waals surface area contributed by atoms with Crippen LogP contribution in [0, 0.1) is 19.7 Å². The Labute approximate surface area is 149 Å². The molecule has 0 spiro atoms. The number of halogens is 1. The van der Waals surface area contributed by atoms with E-state index in [1.165, 1.54) is 26.1 Å². The number of aromatic nitrogens is 2. The van der Waals surface area contributed by atoms with Crippen LogP contribution in [0.25, 0.3) is 0 Å². The molecule has 0 saturated heterocycles. The highest BCUT2D eigenvalue weighted by molar-refractivity contribution is 5.98. The number of hydrogen-bond donors (Lipinski definition) is 4. The Kier molecular flexibility index (Phi) is 6.06. The quantitative estimate of drug-likeness (QED) is 0.588. The number of aliphatic hydroxyl groups excluding tert-OH is 2. The van der Waals surface area contributed by atoms with Crippen molar-refractivity contribution in [3.63, 3.8) is 0 Å². The first kappa shape index (κ1) is 19.5. The Bertz CT molecular complexity index is 882. The number of hydrogen-bond acceptors (Lipinski definition) is 6. The topological polar surface area (TPSA) is 116 Å². The fourth-order valence-electron chi connectivity index (χ4n) is 2.30. The van der Waals surface area contributed by atoms with Gasteiger partial charge >= 0.3 is 0 Å². The lowest BCUT2D eigenvalue weighted by molar-refractivity contribution is 0.0798. The predicted octanol–water partition coefficient (Wildman–Crippen LogP) is 0.363. The second-order valence-electron chi connectivity index (χ2n) is 5.93. The van der Waals surface area contributed by atoms with E-state index in [-0.39, 0.29) is 29.2 Å². The molecule has 1 amide bonds. The molecule has 9 heteroatoms. The van der Waals surface area contributed by atoms with E-state index in [2.05, 4.69) is 15.7 Å². The van der Waals surface area contributed by atoms with Crippen molar-refractivity contribution in [3.05, 3.63) is 51.2 Å². The van der Waals surface area contributed by atoms with Gasteiger partial charge in [-0.3, -0.25) is 9.59 Å². The van der Waals surface area contributed by atoms with E-state index in [1.807, 2.05) is 0 Å². The van der Waals surface area contributed by atoms with E-state index in [9.17, 15) is 19.1 Å². The summed E-state index contributed by atoms with van der Waals surface area (Å²) in [5.74, 6) is -1.21. The Morgan fingerprint density at radius 1 is 1.38 bits per heavy atom. The van der Waals surface area contributed by atoms with Crippen LogP contribution in [0.3, 0.4) is 0 Å². The fraction of sp³-hybridized carbons (Fsp3) is 0.353. The van der Waals surface area contributed by atoms with Gasteiger partial charge in [0.05, 0.1) is 24.1 Å². The molecule has 0 radical (unpaired) electrons. The molecule has 1 unspecified atom stereocenters. The average Bonchev–Trinajstić information content (AvgIpc) is 2.61. The van der Waals surface area contributed by atoms with Crippen molar-refractivity contribution in [1.82, 2.24) is 15.1 Å². The summed E-state index contributed by atoms with van der Waals surface area (Å²) in [4.78, 5) is 24.6. The predicted molar refractivity (Wildman–Crippen MR) is 94.1 cm³/mol. The van der Waals surface area contributed by atoms with E-state index in [1.54, 1.807) is 13.0 Å². The maximum Gasteiger partial charge on any atom is 0.274 e. The van der Waals surface area contributed by atoms with Crippen LogP contribution in [0.15, 0.2) is 23.0 Å². The average molecular weight is 364 g/mol.